The van der Waals surface area contributed by atoms with E-state index in [1.54, 1.807) is 0 Å². The van der Waals surface area contributed by atoms with E-state index < -0.39 is 32.5 Å². The van der Waals surface area contributed by atoms with Gasteiger partial charge in [-0.3, -0.25) is 14.2 Å². The number of nitrogens with zero attached hydrogens (tertiary/aromatic N) is 1. The number of phosphoric acid groups is 1. The smallest absolute Gasteiger partial charge is 0.306 e. The fraction of sp³-hybridized carbons (Fsp3) is 0.640. The van der Waals surface area contributed by atoms with E-state index in [4.69, 9.17) is 18.5 Å². The van der Waals surface area contributed by atoms with E-state index in [1.165, 1.54) is 25.7 Å². The summed E-state index contributed by atoms with van der Waals surface area (Å²) < 4.78 is 33.9. The maximum Gasteiger partial charge on any atom is 0.306 e. The second kappa shape index (κ2) is 41.3. The first-order valence-electron chi connectivity index (χ1n) is 22.9. The molecule has 0 fully saturated rings. The minimum atomic E-state index is -4.65. The molecule has 0 amide bonds. The van der Waals surface area contributed by atoms with Crippen LogP contribution in [0, 0.1) is 0 Å². The third-order valence-corrected chi connectivity index (χ3v) is 10.1. The van der Waals surface area contributed by atoms with Crippen LogP contribution in [0.15, 0.2) is 97.2 Å². The molecular formula is C50H84NO8P. The SMILES string of the molecule is CC/C=C\C/C=C\C/C=C\C/C=C\C/C=C\C/C=C\CCCCC(=O)OC(COC(=O)CCCCCCC/C=C\C/C=C\CCCCC)COP(=O)([O-])OCC[N+](C)(C)C. The normalized spacial score (nSPS) is 14.4. The second-order valence-corrected chi connectivity index (χ2v) is 17.4. The highest BCUT2D eigenvalue weighted by atomic mass is 31.2. The molecule has 10 heteroatoms. The van der Waals surface area contributed by atoms with Crippen LogP contribution in [0.25, 0.3) is 0 Å². The fourth-order valence-corrected chi connectivity index (χ4v) is 6.24. The van der Waals surface area contributed by atoms with Crippen molar-refractivity contribution in [2.24, 2.45) is 0 Å². The summed E-state index contributed by atoms with van der Waals surface area (Å²) in [6.07, 6.45) is 54.3. The molecule has 0 saturated carbocycles. The number of ether oxygens (including phenoxy) is 2. The Labute approximate surface area is 366 Å². The van der Waals surface area contributed by atoms with Gasteiger partial charge in [-0.2, -0.15) is 0 Å². The summed E-state index contributed by atoms with van der Waals surface area (Å²) in [6, 6.07) is 0. The molecule has 60 heavy (non-hydrogen) atoms. The average Bonchev–Trinajstić information content (AvgIpc) is 3.20. The van der Waals surface area contributed by atoms with Gasteiger partial charge in [0.1, 0.15) is 19.8 Å². The molecule has 2 atom stereocenters. The van der Waals surface area contributed by atoms with Crippen LogP contribution >= 0.6 is 7.82 Å². The van der Waals surface area contributed by atoms with Gasteiger partial charge in [0.25, 0.3) is 7.82 Å². The van der Waals surface area contributed by atoms with E-state index in [0.29, 0.717) is 23.9 Å². The largest absolute Gasteiger partial charge is 0.756 e. The van der Waals surface area contributed by atoms with Crippen molar-refractivity contribution < 1.29 is 42.1 Å². The molecule has 0 aromatic carbocycles. The first-order chi connectivity index (χ1) is 29.0. The molecule has 0 heterocycles. The van der Waals surface area contributed by atoms with E-state index in [0.717, 1.165) is 89.9 Å². The van der Waals surface area contributed by atoms with Gasteiger partial charge in [-0.25, -0.2) is 0 Å². The monoisotopic (exact) mass is 858 g/mol. The van der Waals surface area contributed by atoms with E-state index in [2.05, 4.69) is 111 Å². The van der Waals surface area contributed by atoms with Crippen LogP contribution in [-0.4, -0.2) is 70.0 Å². The zero-order chi connectivity index (χ0) is 44.3. The Bertz CT molecular complexity index is 1340. The minimum Gasteiger partial charge on any atom is -0.756 e. The Morgan fingerprint density at radius 2 is 0.950 bits per heavy atom. The molecule has 0 aromatic heterocycles. The molecule has 0 aromatic rings. The average molecular weight is 858 g/mol. The number of rotatable bonds is 40. The van der Waals surface area contributed by atoms with Gasteiger partial charge in [0, 0.05) is 12.8 Å². The van der Waals surface area contributed by atoms with Gasteiger partial charge in [0.2, 0.25) is 0 Å². The number of phosphoric ester groups is 1. The maximum absolute atomic E-state index is 12.7. The van der Waals surface area contributed by atoms with Crippen molar-refractivity contribution in [2.75, 3.05) is 47.5 Å². The number of carbonyl (C=O) groups is 2. The molecule has 0 aliphatic carbocycles. The van der Waals surface area contributed by atoms with Gasteiger partial charge in [-0.15, -0.1) is 0 Å². The lowest BCUT2D eigenvalue weighted by molar-refractivity contribution is -0.870. The Morgan fingerprint density at radius 3 is 1.45 bits per heavy atom. The molecule has 0 radical (unpaired) electrons. The Balaban J connectivity index is 4.47. The summed E-state index contributed by atoms with van der Waals surface area (Å²) in [7, 11) is 1.11. The van der Waals surface area contributed by atoms with E-state index in [1.807, 2.05) is 21.1 Å². The predicted octanol–water partition coefficient (Wildman–Crippen LogP) is 12.7. The van der Waals surface area contributed by atoms with Crippen molar-refractivity contribution in [1.82, 2.24) is 0 Å². The lowest BCUT2D eigenvalue weighted by Gasteiger charge is -2.28. The number of hydrogen-bond donors (Lipinski definition) is 0. The molecule has 0 aliphatic rings. The van der Waals surface area contributed by atoms with Gasteiger partial charge in [-0.05, 0) is 96.3 Å². The highest BCUT2D eigenvalue weighted by molar-refractivity contribution is 7.45. The van der Waals surface area contributed by atoms with Crippen LogP contribution in [0.5, 0.6) is 0 Å². The highest BCUT2D eigenvalue weighted by Crippen LogP contribution is 2.38. The number of carbonyl (C=O) groups excluding carboxylic acids is 2. The molecule has 0 aliphatic heterocycles. The molecular weight excluding hydrogens is 774 g/mol. The maximum atomic E-state index is 12.7. The predicted molar refractivity (Wildman–Crippen MR) is 249 cm³/mol. The van der Waals surface area contributed by atoms with E-state index >= 15 is 0 Å². The van der Waals surface area contributed by atoms with Crippen molar-refractivity contribution in [2.45, 2.75) is 161 Å². The van der Waals surface area contributed by atoms with Crippen LogP contribution < -0.4 is 4.89 Å². The molecule has 9 nitrogen and oxygen atoms in total. The van der Waals surface area contributed by atoms with Crippen LogP contribution in [0.3, 0.4) is 0 Å². The fourth-order valence-electron chi connectivity index (χ4n) is 5.51. The van der Waals surface area contributed by atoms with Gasteiger partial charge in [0.15, 0.2) is 6.10 Å². The quantitative estimate of drug-likeness (QED) is 0.0197. The molecule has 0 bridgehead atoms. The number of likely N-dealkylation sites (N-methyl/N-ethyl adjacent to an activating group) is 1. The lowest BCUT2D eigenvalue weighted by atomic mass is 10.1. The van der Waals surface area contributed by atoms with E-state index in [-0.39, 0.29) is 26.1 Å². The standard InChI is InChI=1S/C50H84NO8P/c1-6-8-10-12-14-16-18-20-22-23-24-25-26-27-29-31-33-35-37-39-41-43-50(53)59-48(47-58-60(54,55)57-45-44-51(3,4)5)46-56-49(52)42-40-38-36-34-32-30-28-21-19-17-15-13-11-9-7-2/h8,10,14-17,20-22,24-25,27-29,33,35,48H,6-7,9,11-13,18-19,23,26,30-32,34,36-47H2,1-5H3/b10-8-,16-14-,17-15-,22-20-,25-24-,28-21-,29-27-,35-33-. The number of hydrogen-bond acceptors (Lipinski definition) is 8. The molecule has 0 rings (SSSR count). The van der Waals surface area contributed by atoms with E-state index in [9.17, 15) is 19.0 Å². The van der Waals surface area contributed by atoms with Crippen LogP contribution in [0.1, 0.15) is 155 Å². The Kier molecular flexibility index (Phi) is 39.2. The first-order valence-corrected chi connectivity index (χ1v) is 24.4. The van der Waals surface area contributed by atoms with Crippen molar-refractivity contribution in [3.8, 4) is 0 Å². The summed E-state index contributed by atoms with van der Waals surface area (Å²) in [6.45, 7) is 3.99. The number of esters is 2. The Morgan fingerprint density at radius 1 is 0.533 bits per heavy atom. The third kappa shape index (κ3) is 44.5. The summed E-state index contributed by atoms with van der Waals surface area (Å²) in [5, 5.41) is 0. The third-order valence-electron chi connectivity index (χ3n) is 9.09. The first kappa shape index (κ1) is 56.9. The van der Waals surface area contributed by atoms with Gasteiger partial charge < -0.3 is 27.9 Å². The highest BCUT2D eigenvalue weighted by Gasteiger charge is 2.21. The second-order valence-electron chi connectivity index (χ2n) is 16.0. The van der Waals surface area contributed by atoms with Crippen LogP contribution in [0.4, 0.5) is 0 Å². The summed E-state index contributed by atoms with van der Waals surface area (Å²) in [5.41, 5.74) is 0. The summed E-state index contributed by atoms with van der Waals surface area (Å²) in [5.74, 6) is -0.912. The van der Waals surface area contributed by atoms with Crippen molar-refractivity contribution in [1.29, 1.82) is 0 Å². The molecule has 0 saturated heterocycles. The molecule has 342 valence electrons. The molecule has 0 N–H and O–H groups in total. The van der Waals surface area contributed by atoms with Crippen LogP contribution in [0.2, 0.25) is 0 Å². The number of quaternary nitrogens is 1. The summed E-state index contributed by atoms with van der Waals surface area (Å²) in [4.78, 5) is 37.6. The summed E-state index contributed by atoms with van der Waals surface area (Å²) >= 11 is 0. The molecule has 0 spiro atoms. The van der Waals surface area contributed by atoms with Gasteiger partial charge >= 0.3 is 11.9 Å². The Hall–Kier alpha value is -3.07. The number of unbranched alkanes of at least 4 members (excludes halogenated alkanes) is 10. The zero-order valence-corrected chi connectivity index (χ0v) is 39.3. The minimum absolute atomic E-state index is 0.0476. The van der Waals surface area contributed by atoms with Crippen LogP contribution in [-0.2, 0) is 32.7 Å². The number of allylic oxidation sites excluding steroid dienone is 16. The van der Waals surface area contributed by atoms with Crippen molar-refractivity contribution in [3.05, 3.63) is 97.2 Å². The van der Waals surface area contributed by atoms with Crippen molar-refractivity contribution in [3.63, 3.8) is 0 Å². The van der Waals surface area contributed by atoms with Gasteiger partial charge in [0.05, 0.1) is 27.7 Å². The zero-order valence-electron chi connectivity index (χ0n) is 38.4. The van der Waals surface area contributed by atoms with Crippen molar-refractivity contribution >= 4 is 19.8 Å². The lowest BCUT2D eigenvalue weighted by Crippen LogP contribution is -2.37. The molecule has 2 unspecified atom stereocenters. The van der Waals surface area contributed by atoms with Gasteiger partial charge in [-0.1, -0.05) is 143 Å². The topological polar surface area (TPSA) is 111 Å².